The van der Waals surface area contributed by atoms with E-state index in [-0.39, 0.29) is 24.3 Å². The van der Waals surface area contributed by atoms with Gasteiger partial charge in [0.1, 0.15) is 11.1 Å². The number of hydrogen-bond acceptors (Lipinski definition) is 11. The Balaban J connectivity index is 2.79. The molecule has 0 bridgehead atoms. The highest BCUT2D eigenvalue weighted by molar-refractivity contribution is 7.48. The lowest BCUT2D eigenvalue weighted by atomic mass is 10.1. The number of hydrogen-bond donors (Lipinski definition) is 1. The van der Waals surface area contributed by atoms with Gasteiger partial charge in [-0.15, -0.1) is 0 Å². The lowest BCUT2D eigenvalue weighted by molar-refractivity contribution is -0.395. The monoisotopic (exact) mass is 566 g/mol. The van der Waals surface area contributed by atoms with Gasteiger partial charge in [-0.2, -0.15) is 26.3 Å². The van der Waals surface area contributed by atoms with Crippen molar-refractivity contribution >= 4 is 30.6 Å². The Morgan fingerprint density at radius 3 is 1.16 bits per heavy atom. The van der Waals surface area contributed by atoms with Gasteiger partial charge < -0.3 is 9.05 Å². The first-order valence-corrected chi connectivity index (χ1v) is 9.95. The van der Waals surface area contributed by atoms with Crippen LogP contribution in [0.5, 0.6) is 11.5 Å². The van der Waals surface area contributed by atoms with Crippen molar-refractivity contribution in [1.29, 1.82) is 0 Å². The van der Waals surface area contributed by atoms with Crippen molar-refractivity contribution < 1.29 is 64.5 Å². The molecule has 0 spiro atoms. The lowest BCUT2D eigenvalue weighted by Crippen LogP contribution is -2.14. The van der Waals surface area contributed by atoms with Gasteiger partial charge in [-0.1, -0.05) is 0 Å². The molecule has 16 nitrogen and oxygen atoms in total. The number of phosphoric acid groups is 1. The smallest absolute Gasteiger partial charge is 0.387 e. The summed E-state index contributed by atoms with van der Waals surface area (Å²) in [6, 6.07) is -1.06. The molecule has 0 amide bonds. The van der Waals surface area contributed by atoms with Gasteiger partial charge in [-0.05, 0) is 0 Å². The number of non-ortho nitro benzene ring substituents is 2. The average Bonchev–Trinajstić information content (AvgIpc) is 2.70. The van der Waals surface area contributed by atoms with Gasteiger partial charge in [0.15, 0.2) is 0 Å². The maximum absolute atomic E-state index is 13.4. The molecule has 0 aliphatic rings. The zero-order valence-corrected chi connectivity index (χ0v) is 17.6. The second-order valence-corrected chi connectivity index (χ2v) is 7.66. The van der Waals surface area contributed by atoms with Gasteiger partial charge in [0.2, 0.25) is 11.5 Å². The Labute approximate surface area is 195 Å². The molecule has 0 atom stereocenters. The van der Waals surface area contributed by atoms with Gasteiger partial charge in [-0.25, -0.2) is 4.57 Å². The van der Waals surface area contributed by atoms with E-state index in [9.17, 15) is 76.3 Å². The molecule has 0 unspecified atom stereocenters. The molecule has 200 valence electrons. The van der Waals surface area contributed by atoms with Crippen LogP contribution in [0.3, 0.4) is 0 Å². The minimum absolute atomic E-state index is 0.153. The number of phosphoric ester groups is 1. The van der Waals surface area contributed by atoms with E-state index < -0.39 is 85.2 Å². The predicted octanol–water partition coefficient (Wildman–Crippen LogP) is 4.92. The number of nitrogens with zero attached hydrogens (tertiary/aromatic N) is 4. The van der Waals surface area contributed by atoms with Crippen LogP contribution in [0.4, 0.5) is 49.1 Å². The molecule has 0 aliphatic carbocycles. The van der Waals surface area contributed by atoms with Crippen LogP contribution in [0.15, 0.2) is 24.3 Å². The number of nitro benzene ring substituents is 4. The standard InChI is InChI=1S/C14H5F6N4O12P/c15-13(16,17)7-1-5(21(25)26)3-9(23(29)30)11(7)35-37(33,34)36-12-8(14(18,19)20)2-6(22(27)28)4-10(12)24(31)32/h1-4H,(H,33,34). The summed E-state index contributed by atoms with van der Waals surface area (Å²) in [6.07, 6.45) is -11.5. The van der Waals surface area contributed by atoms with E-state index in [1.165, 1.54) is 0 Å². The van der Waals surface area contributed by atoms with Crippen LogP contribution in [0, 0.1) is 40.5 Å². The number of benzene rings is 2. The first kappa shape index (κ1) is 28.6. The van der Waals surface area contributed by atoms with Crippen LogP contribution in [-0.4, -0.2) is 24.6 Å². The van der Waals surface area contributed by atoms with E-state index >= 15 is 0 Å². The summed E-state index contributed by atoms with van der Waals surface area (Å²) in [7, 11) is -6.49. The zero-order chi connectivity index (χ0) is 28.7. The fraction of sp³-hybridized carbons (Fsp3) is 0.143. The topological polar surface area (TPSA) is 228 Å². The van der Waals surface area contributed by atoms with E-state index in [4.69, 9.17) is 0 Å². The second kappa shape index (κ2) is 9.46. The Bertz CT molecular complexity index is 1280. The van der Waals surface area contributed by atoms with Gasteiger partial charge in [-0.3, -0.25) is 45.4 Å². The zero-order valence-electron chi connectivity index (χ0n) is 16.8. The molecule has 1 N–H and O–H groups in total. The fourth-order valence-corrected chi connectivity index (χ4v) is 3.42. The molecule has 0 saturated heterocycles. The fourth-order valence-electron chi connectivity index (χ4n) is 2.54. The molecule has 2 rings (SSSR count). The Hall–Kier alpha value is -4.59. The normalized spacial score (nSPS) is 12.1. The molecule has 37 heavy (non-hydrogen) atoms. The molecule has 2 aromatic rings. The number of nitro groups is 4. The molecule has 0 aliphatic heterocycles. The van der Waals surface area contributed by atoms with E-state index in [1.54, 1.807) is 0 Å². The first-order valence-electron chi connectivity index (χ1n) is 8.45. The molecule has 0 radical (unpaired) electrons. The van der Waals surface area contributed by atoms with Crippen LogP contribution in [0.1, 0.15) is 11.1 Å². The molecular formula is C14H5F6N4O12P. The van der Waals surface area contributed by atoms with Crippen molar-refractivity contribution in [2.45, 2.75) is 12.4 Å². The second-order valence-electron chi connectivity index (χ2n) is 6.36. The number of rotatable bonds is 8. The van der Waals surface area contributed by atoms with Gasteiger partial charge in [0, 0.05) is 12.1 Å². The molecule has 0 saturated carbocycles. The summed E-state index contributed by atoms with van der Waals surface area (Å²) >= 11 is 0. The maximum atomic E-state index is 13.4. The summed E-state index contributed by atoms with van der Waals surface area (Å²) in [5, 5.41) is 44.0. The highest BCUT2D eigenvalue weighted by atomic mass is 31.2. The molecule has 0 heterocycles. The molecule has 2 aromatic carbocycles. The Kier molecular flexibility index (Phi) is 7.32. The number of alkyl halides is 6. The predicted molar refractivity (Wildman–Crippen MR) is 101 cm³/mol. The van der Waals surface area contributed by atoms with E-state index in [0.717, 1.165) is 0 Å². The molecule has 23 heteroatoms. The average molecular weight is 566 g/mol. The maximum Gasteiger partial charge on any atom is 0.585 e. The van der Waals surface area contributed by atoms with Crippen molar-refractivity contribution in [3.8, 4) is 11.5 Å². The van der Waals surface area contributed by atoms with Crippen molar-refractivity contribution in [1.82, 2.24) is 0 Å². The van der Waals surface area contributed by atoms with E-state index in [2.05, 4.69) is 9.05 Å². The van der Waals surface area contributed by atoms with E-state index in [1.807, 2.05) is 0 Å². The summed E-state index contributed by atoms with van der Waals surface area (Å²) in [5.74, 6) is -4.46. The van der Waals surface area contributed by atoms with Crippen LogP contribution >= 0.6 is 7.82 Å². The third kappa shape index (κ3) is 6.35. The van der Waals surface area contributed by atoms with Crippen LogP contribution in [-0.2, 0) is 16.9 Å². The Morgan fingerprint density at radius 1 is 0.649 bits per heavy atom. The largest absolute Gasteiger partial charge is 0.585 e. The van der Waals surface area contributed by atoms with Gasteiger partial charge >= 0.3 is 31.6 Å². The first-order chi connectivity index (χ1) is 16.7. The van der Waals surface area contributed by atoms with Crippen LogP contribution in [0.25, 0.3) is 0 Å². The van der Waals surface area contributed by atoms with Crippen molar-refractivity contribution in [3.63, 3.8) is 0 Å². The van der Waals surface area contributed by atoms with Crippen LogP contribution in [0.2, 0.25) is 0 Å². The summed E-state index contributed by atoms with van der Waals surface area (Å²) in [4.78, 5) is 47.3. The third-order valence-electron chi connectivity index (χ3n) is 3.95. The van der Waals surface area contributed by atoms with E-state index in [0.29, 0.717) is 0 Å². The minimum Gasteiger partial charge on any atom is -0.387 e. The summed E-state index contributed by atoms with van der Waals surface area (Å²) in [5.41, 5.74) is -11.9. The Morgan fingerprint density at radius 2 is 0.946 bits per heavy atom. The van der Waals surface area contributed by atoms with Crippen LogP contribution < -0.4 is 9.05 Å². The highest BCUT2D eigenvalue weighted by Gasteiger charge is 2.47. The number of halogens is 6. The molecular weight excluding hydrogens is 561 g/mol. The van der Waals surface area contributed by atoms with Gasteiger partial charge in [0.25, 0.3) is 11.4 Å². The lowest BCUT2D eigenvalue weighted by Gasteiger charge is -2.19. The highest BCUT2D eigenvalue weighted by Crippen LogP contribution is 2.55. The minimum atomic E-state index is -6.49. The van der Waals surface area contributed by atoms with Crippen molar-refractivity contribution in [2.24, 2.45) is 0 Å². The SMILES string of the molecule is O=[N+]([O-])c1cc([N+](=O)[O-])c(OP(=O)(O)Oc2c([N+](=O)[O-])cc([N+](=O)[O-])cc2C(F)(F)F)c(C(F)(F)F)c1. The van der Waals surface area contributed by atoms with Crippen molar-refractivity contribution in [3.05, 3.63) is 75.8 Å². The third-order valence-corrected chi connectivity index (χ3v) is 4.77. The molecule has 0 aromatic heterocycles. The molecule has 0 fully saturated rings. The van der Waals surface area contributed by atoms with Crippen molar-refractivity contribution in [2.75, 3.05) is 0 Å². The summed E-state index contributed by atoms with van der Waals surface area (Å²) in [6.45, 7) is 0. The summed E-state index contributed by atoms with van der Waals surface area (Å²) < 4.78 is 101. The van der Waals surface area contributed by atoms with Gasteiger partial charge in [0.05, 0.1) is 31.8 Å². The quantitative estimate of drug-likeness (QED) is 0.194.